The third-order valence-electron chi connectivity index (χ3n) is 3.25. The topological polar surface area (TPSA) is 64.7 Å². The second-order valence-electron chi connectivity index (χ2n) is 5.52. The molecule has 0 aromatic heterocycles. The Morgan fingerprint density at radius 1 is 1.23 bits per heavy atom. The van der Waals surface area contributed by atoms with Gasteiger partial charge in [0, 0.05) is 11.6 Å². The van der Waals surface area contributed by atoms with Crippen LogP contribution in [0.4, 0.5) is 13.2 Å². The number of ether oxygens (including phenoxy) is 2. The van der Waals surface area contributed by atoms with Crippen LogP contribution in [0.2, 0.25) is 0 Å². The van der Waals surface area contributed by atoms with E-state index >= 15 is 0 Å². The number of halogens is 3. The van der Waals surface area contributed by atoms with Gasteiger partial charge in [0.25, 0.3) is 0 Å². The third kappa shape index (κ3) is 5.73. The van der Waals surface area contributed by atoms with Crippen molar-refractivity contribution in [3.8, 4) is 11.5 Å². The highest BCUT2D eigenvalue weighted by Gasteiger charge is 2.31. The Hall–Kier alpha value is -1.47. The Kier molecular flexibility index (Phi) is 6.49. The summed E-state index contributed by atoms with van der Waals surface area (Å²) < 4.78 is 45.5. The van der Waals surface area contributed by atoms with Crippen molar-refractivity contribution in [1.29, 1.82) is 0 Å². The number of methoxy groups -OCH3 is 1. The monoisotopic (exact) mass is 321 g/mol. The molecule has 0 amide bonds. The first-order valence-electron chi connectivity index (χ1n) is 7.01. The van der Waals surface area contributed by atoms with Gasteiger partial charge in [0.1, 0.15) is 11.5 Å². The molecule has 0 aliphatic rings. The van der Waals surface area contributed by atoms with Crippen molar-refractivity contribution in [3.05, 3.63) is 23.8 Å². The lowest BCUT2D eigenvalue weighted by molar-refractivity contribution is -0.274. The number of alkyl halides is 3. The molecule has 7 heteroatoms. The van der Waals surface area contributed by atoms with Gasteiger partial charge in [-0.25, -0.2) is 0 Å². The first kappa shape index (κ1) is 18.6. The van der Waals surface area contributed by atoms with Gasteiger partial charge in [-0.05, 0) is 30.9 Å². The van der Waals surface area contributed by atoms with Crippen molar-refractivity contribution in [3.63, 3.8) is 0 Å². The van der Waals surface area contributed by atoms with E-state index in [1.807, 2.05) is 13.8 Å². The van der Waals surface area contributed by atoms with E-state index in [-0.39, 0.29) is 5.75 Å². The van der Waals surface area contributed by atoms with E-state index < -0.39 is 24.3 Å². The molecule has 0 heterocycles. The molecule has 0 unspecified atom stereocenters. The summed E-state index contributed by atoms with van der Waals surface area (Å²) in [6.45, 7) is 4.06. The fourth-order valence-corrected chi connectivity index (χ4v) is 2.05. The number of hydrogen-bond acceptors (Lipinski definition) is 4. The van der Waals surface area contributed by atoms with Crippen LogP contribution >= 0.6 is 0 Å². The predicted molar refractivity (Wildman–Crippen MR) is 76.7 cm³/mol. The average Bonchev–Trinajstić information content (AvgIpc) is 2.42. The maximum atomic E-state index is 12.2. The molecule has 126 valence electrons. The molecule has 0 spiro atoms. The minimum atomic E-state index is -4.77. The zero-order valence-corrected chi connectivity index (χ0v) is 12.9. The van der Waals surface area contributed by atoms with Crippen LogP contribution in [-0.4, -0.2) is 24.7 Å². The van der Waals surface area contributed by atoms with Crippen molar-refractivity contribution in [2.45, 2.75) is 45.2 Å². The Morgan fingerprint density at radius 2 is 1.86 bits per heavy atom. The van der Waals surface area contributed by atoms with Gasteiger partial charge in [0.15, 0.2) is 0 Å². The smallest absolute Gasteiger partial charge is 0.496 e. The molecule has 1 aromatic rings. The molecule has 0 aliphatic heterocycles. The van der Waals surface area contributed by atoms with Crippen LogP contribution in [0.5, 0.6) is 11.5 Å². The van der Waals surface area contributed by atoms with E-state index in [2.05, 4.69) is 4.74 Å². The van der Waals surface area contributed by atoms with Crippen molar-refractivity contribution in [1.82, 2.24) is 0 Å². The lowest BCUT2D eigenvalue weighted by Crippen LogP contribution is -2.27. The number of benzene rings is 1. The van der Waals surface area contributed by atoms with Crippen LogP contribution < -0.4 is 15.2 Å². The van der Waals surface area contributed by atoms with E-state index in [0.717, 1.165) is 18.6 Å². The molecule has 3 N–H and O–H groups in total. The zero-order valence-electron chi connectivity index (χ0n) is 12.9. The van der Waals surface area contributed by atoms with Gasteiger partial charge >= 0.3 is 6.36 Å². The molecule has 0 saturated carbocycles. The molecule has 4 nitrogen and oxygen atoms in total. The van der Waals surface area contributed by atoms with Gasteiger partial charge in [-0.15, -0.1) is 13.2 Å². The molecule has 0 saturated heterocycles. The highest BCUT2D eigenvalue weighted by Crippen LogP contribution is 2.33. The van der Waals surface area contributed by atoms with E-state index in [0.29, 0.717) is 17.9 Å². The minimum Gasteiger partial charge on any atom is -0.496 e. The second kappa shape index (κ2) is 7.69. The van der Waals surface area contributed by atoms with Gasteiger partial charge in [0.05, 0.1) is 19.3 Å². The summed E-state index contributed by atoms with van der Waals surface area (Å²) in [5, 5.41) is 10.1. The normalized spacial score (nSPS) is 14.8. The van der Waals surface area contributed by atoms with Crippen LogP contribution in [0.1, 0.15) is 38.3 Å². The summed E-state index contributed by atoms with van der Waals surface area (Å²) in [6.07, 6.45) is -4.27. The zero-order chi connectivity index (χ0) is 16.9. The number of aliphatic hydroxyl groups is 1. The molecular weight excluding hydrogens is 299 g/mol. The summed E-state index contributed by atoms with van der Waals surface area (Å²) in [5.74, 6) is 0.182. The number of nitrogens with two attached hydrogens (primary N) is 1. The minimum absolute atomic E-state index is 0.151. The van der Waals surface area contributed by atoms with E-state index in [1.54, 1.807) is 0 Å². The van der Waals surface area contributed by atoms with Gasteiger partial charge < -0.3 is 20.3 Å². The maximum Gasteiger partial charge on any atom is 0.573 e. The fourth-order valence-electron chi connectivity index (χ4n) is 2.05. The Labute approximate surface area is 128 Å². The predicted octanol–water partition coefficient (Wildman–Crippen LogP) is 3.39. The molecule has 0 fully saturated rings. The first-order valence-corrected chi connectivity index (χ1v) is 7.01. The van der Waals surface area contributed by atoms with Crippen molar-refractivity contribution >= 4 is 0 Å². The number of hydrogen-bond donors (Lipinski definition) is 2. The molecular formula is C15H22F3NO3. The molecule has 0 radical (unpaired) electrons. The molecule has 2 atom stereocenters. The fraction of sp³-hybridized carbons (Fsp3) is 0.600. The molecule has 1 rings (SSSR count). The number of aliphatic hydroxyl groups excluding tert-OH is 1. The van der Waals surface area contributed by atoms with Crippen LogP contribution in [-0.2, 0) is 0 Å². The second-order valence-corrected chi connectivity index (χ2v) is 5.52. The SMILES string of the molecule is COc1cc(OC(F)(F)F)ccc1[C@H](N)[C@H](O)CCC(C)C. The summed E-state index contributed by atoms with van der Waals surface area (Å²) in [5.41, 5.74) is 6.42. The summed E-state index contributed by atoms with van der Waals surface area (Å²) in [4.78, 5) is 0. The largest absolute Gasteiger partial charge is 0.573 e. The highest BCUT2D eigenvalue weighted by molar-refractivity contribution is 5.42. The molecule has 1 aromatic carbocycles. The Morgan fingerprint density at radius 3 is 2.36 bits per heavy atom. The van der Waals surface area contributed by atoms with E-state index in [9.17, 15) is 18.3 Å². The third-order valence-corrected chi connectivity index (χ3v) is 3.25. The van der Waals surface area contributed by atoms with Crippen molar-refractivity contribution in [2.75, 3.05) is 7.11 Å². The summed E-state index contributed by atoms with van der Waals surface area (Å²) >= 11 is 0. The van der Waals surface area contributed by atoms with Gasteiger partial charge in [-0.2, -0.15) is 0 Å². The molecule has 0 bridgehead atoms. The number of rotatable bonds is 7. The summed E-state index contributed by atoms with van der Waals surface area (Å²) in [6, 6.07) is 2.90. The standard InChI is InChI=1S/C15H22F3NO3/c1-9(2)4-7-12(20)14(19)11-6-5-10(8-13(11)21-3)22-15(16,17)18/h5-6,8-9,12,14,20H,4,7,19H2,1-3H3/t12-,14+/m1/s1. The van der Waals surface area contributed by atoms with Gasteiger partial charge in [-0.1, -0.05) is 13.8 Å². The molecule has 22 heavy (non-hydrogen) atoms. The van der Waals surface area contributed by atoms with Gasteiger partial charge in [-0.3, -0.25) is 0 Å². The van der Waals surface area contributed by atoms with Crippen molar-refractivity contribution in [2.24, 2.45) is 11.7 Å². The van der Waals surface area contributed by atoms with Gasteiger partial charge in [0.2, 0.25) is 0 Å². The van der Waals surface area contributed by atoms with E-state index in [4.69, 9.17) is 10.5 Å². The van der Waals surface area contributed by atoms with Crippen LogP contribution in [0.25, 0.3) is 0 Å². The Balaban J connectivity index is 2.89. The lowest BCUT2D eigenvalue weighted by Gasteiger charge is -2.22. The van der Waals surface area contributed by atoms with Crippen molar-refractivity contribution < 1.29 is 27.8 Å². The van der Waals surface area contributed by atoms with Crippen LogP contribution in [0, 0.1) is 5.92 Å². The van der Waals surface area contributed by atoms with E-state index in [1.165, 1.54) is 13.2 Å². The molecule has 0 aliphatic carbocycles. The average molecular weight is 321 g/mol. The summed E-state index contributed by atoms with van der Waals surface area (Å²) in [7, 11) is 1.32. The quantitative estimate of drug-likeness (QED) is 0.808. The first-order chi connectivity index (χ1) is 10.1. The lowest BCUT2D eigenvalue weighted by atomic mass is 9.95. The maximum absolute atomic E-state index is 12.2. The van der Waals surface area contributed by atoms with Crippen LogP contribution in [0.15, 0.2) is 18.2 Å². The highest BCUT2D eigenvalue weighted by atomic mass is 19.4. The Bertz CT molecular complexity index is 478. The van der Waals surface area contributed by atoms with Crippen LogP contribution in [0.3, 0.4) is 0 Å².